The number of carbonyl (C=O) groups is 5. The number of hydrogen-bond donors (Lipinski definition) is 2. The quantitative estimate of drug-likeness (QED) is 0.161. The Bertz CT molecular complexity index is 2390. The van der Waals surface area contributed by atoms with Crippen molar-refractivity contribution in [3.63, 3.8) is 0 Å². The fraction of sp³-hybridized carbons (Fsp3) is 0.511. The van der Waals surface area contributed by atoms with Crippen LogP contribution in [0.1, 0.15) is 70.8 Å². The number of hydrazine groups is 1. The molecule has 0 spiro atoms. The molecule has 15 nitrogen and oxygen atoms in total. The second kappa shape index (κ2) is 19.1. The molecule has 4 amide bonds. The van der Waals surface area contributed by atoms with Crippen LogP contribution in [0.3, 0.4) is 0 Å². The summed E-state index contributed by atoms with van der Waals surface area (Å²) in [4.78, 5) is 81.7. The molecule has 0 aliphatic carbocycles. The minimum atomic E-state index is -1.08. The average molecular weight is 881 g/mol. The molecule has 3 aliphatic heterocycles. The molecule has 4 aromatic rings. The van der Waals surface area contributed by atoms with E-state index >= 15 is 0 Å². The smallest absolute Gasteiger partial charge is 0.324 e. The standard InChI is InChI=1S/C47H60N8O7S/c1-9-39(56)53-20-17-30(24-53)44(58)52(7)40(28(3)4)42(57)50-36-22-31-26-63-43(49-31)29-15-16-38-33(21-29)34(41(54(38)10-2)32-13-11-18-48-37(32)25-61-8)23-47(5,6)27-62-46(60)35-14-12-19-55(51-35)45(36)59/h9,11,13,15-16,18,21,26,28,30,35-36,40,51H,1,10,12,14,17,19-20,22-25,27H2,2-8H3,(H,50,57)/t30-,35-,36-,40-/m0/s1. The molecule has 336 valence electrons. The Morgan fingerprint density at radius 1 is 1.17 bits per heavy atom. The van der Waals surface area contributed by atoms with Crippen molar-refractivity contribution in [3.05, 3.63) is 71.5 Å². The van der Waals surface area contributed by atoms with Gasteiger partial charge in [0, 0.05) is 85.8 Å². The van der Waals surface area contributed by atoms with Gasteiger partial charge < -0.3 is 29.2 Å². The van der Waals surface area contributed by atoms with Gasteiger partial charge >= 0.3 is 5.97 Å². The Kier molecular flexibility index (Phi) is 13.8. The third kappa shape index (κ3) is 9.58. The van der Waals surface area contributed by atoms with Crippen molar-refractivity contribution in [2.75, 3.05) is 40.4 Å². The van der Waals surface area contributed by atoms with Gasteiger partial charge in [-0.15, -0.1) is 11.3 Å². The molecule has 16 heteroatoms. The summed E-state index contributed by atoms with van der Waals surface area (Å²) >= 11 is 1.46. The van der Waals surface area contributed by atoms with Crippen LogP contribution in [0.2, 0.25) is 0 Å². The second-order valence-electron chi connectivity index (χ2n) is 18.0. The number of carbonyl (C=O) groups excluding carboxylic acids is 5. The zero-order valence-electron chi connectivity index (χ0n) is 37.4. The third-order valence-electron chi connectivity index (χ3n) is 12.4. The first kappa shape index (κ1) is 45.6. The number of pyridine rings is 1. The van der Waals surface area contributed by atoms with E-state index in [1.807, 2.05) is 25.3 Å². The average Bonchev–Trinajstić information content (AvgIpc) is 4.03. The van der Waals surface area contributed by atoms with Gasteiger partial charge in [-0.05, 0) is 80.5 Å². The van der Waals surface area contributed by atoms with E-state index in [2.05, 4.69) is 66.9 Å². The minimum absolute atomic E-state index is 0.0689. The van der Waals surface area contributed by atoms with E-state index in [-0.39, 0.29) is 37.3 Å². The molecule has 63 heavy (non-hydrogen) atoms. The first-order valence-electron chi connectivity index (χ1n) is 21.9. The molecule has 3 aromatic heterocycles. The van der Waals surface area contributed by atoms with E-state index in [0.29, 0.717) is 57.6 Å². The summed E-state index contributed by atoms with van der Waals surface area (Å²) in [5.41, 5.74) is 9.14. The molecule has 0 radical (unpaired) electrons. The molecule has 0 unspecified atom stereocenters. The number of hydrogen-bond acceptors (Lipinski definition) is 11. The number of ether oxygens (including phenoxy) is 2. The van der Waals surface area contributed by atoms with Gasteiger partial charge in [-0.3, -0.25) is 34.0 Å². The molecule has 6 bridgehead atoms. The number of esters is 1. The van der Waals surface area contributed by atoms with Crippen LogP contribution in [0.25, 0.3) is 32.7 Å². The summed E-state index contributed by atoms with van der Waals surface area (Å²) in [6, 6.07) is 7.60. The van der Waals surface area contributed by atoms with Crippen LogP contribution < -0.4 is 10.7 Å². The number of cyclic esters (lactones) is 1. The number of nitrogens with zero attached hydrogens (tertiary/aromatic N) is 6. The van der Waals surface area contributed by atoms with E-state index in [4.69, 9.17) is 19.4 Å². The van der Waals surface area contributed by atoms with Crippen molar-refractivity contribution in [2.45, 2.75) is 98.0 Å². The van der Waals surface area contributed by atoms with Crippen LogP contribution in [0.15, 0.2) is 54.6 Å². The predicted molar refractivity (Wildman–Crippen MR) is 241 cm³/mol. The highest BCUT2D eigenvalue weighted by atomic mass is 32.1. The van der Waals surface area contributed by atoms with Crippen LogP contribution in [0.5, 0.6) is 0 Å². The number of amides is 4. The number of benzene rings is 1. The van der Waals surface area contributed by atoms with E-state index in [0.717, 1.165) is 44.0 Å². The summed E-state index contributed by atoms with van der Waals surface area (Å²) in [5, 5.41) is 8.15. The highest BCUT2D eigenvalue weighted by Gasteiger charge is 2.40. The first-order valence-corrected chi connectivity index (χ1v) is 22.8. The third-order valence-corrected chi connectivity index (χ3v) is 13.4. The largest absolute Gasteiger partial charge is 0.464 e. The van der Waals surface area contributed by atoms with Gasteiger partial charge in [-0.1, -0.05) is 34.3 Å². The van der Waals surface area contributed by atoms with Crippen molar-refractivity contribution in [2.24, 2.45) is 17.3 Å². The van der Waals surface area contributed by atoms with E-state index in [9.17, 15) is 24.0 Å². The maximum atomic E-state index is 14.6. The highest BCUT2D eigenvalue weighted by Crippen LogP contribution is 2.41. The monoisotopic (exact) mass is 880 g/mol. The van der Waals surface area contributed by atoms with E-state index in [1.54, 1.807) is 25.3 Å². The Hall–Kier alpha value is -5.45. The van der Waals surface area contributed by atoms with E-state index in [1.165, 1.54) is 27.3 Å². The number of likely N-dealkylation sites (tertiary alicyclic amines) is 1. The minimum Gasteiger partial charge on any atom is -0.464 e. The van der Waals surface area contributed by atoms with Gasteiger partial charge in [0.05, 0.1) is 36.2 Å². The summed E-state index contributed by atoms with van der Waals surface area (Å²) in [7, 11) is 3.26. The number of aryl methyl sites for hydroxylation is 1. The van der Waals surface area contributed by atoms with Crippen LogP contribution in [0.4, 0.5) is 0 Å². The summed E-state index contributed by atoms with van der Waals surface area (Å²) in [5.74, 6) is -2.63. The van der Waals surface area contributed by atoms with Crippen molar-refractivity contribution < 1.29 is 33.4 Å². The summed E-state index contributed by atoms with van der Waals surface area (Å²) in [6.45, 7) is 15.7. The van der Waals surface area contributed by atoms with Gasteiger partial charge in [0.2, 0.25) is 17.7 Å². The van der Waals surface area contributed by atoms with Crippen LogP contribution in [-0.4, -0.2) is 117 Å². The maximum Gasteiger partial charge on any atom is 0.324 e. The topological polar surface area (TPSA) is 168 Å². The fourth-order valence-corrected chi connectivity index (χ4v) is 10.1. The van der Waals surface area contributed by atoms with Crippen molar-refractivity contribution in [1.82, 2.24) is 40.1 Å². The lowest BCUT2D eigenvalue weighted by molar-refractivity contribution is -0.155. The molecule has 7 rings (SSSR count). The number of methoxy groups -OCH3 is 1. The van der Waals surface area contributed by atoms with Crippen molar-refractivity contribution >= 4 is 51.8 Å². The molecule has 0 saturated carbocycles. The maximum absolute atomic E-state index is 14.6. The van der Waals surface area contributed by atoms with Gasteiger partial charge in [-0.2, -0.15) is 0 Å². The lowest BCUT2D eigenvalue weighted by Crippen LogP contribution is -2.62. The van der Waals surface area contributed by atoms with Gasteiger partial charge in [0.15, 0.2) is 0 Å². The van der Waals surface area contributed by atoms with Crippen LogP contribution >= 0.6 is 11.3 Å². The van der Waals surface area contributed by atoms with Crippen LogP contribution in [0, 0.1) is 17.3 Å². The van der Waals surface area contributed by atoms with Gasteiger partial charge in [0.25, 0.3) is 5.91 Å². The molecular formula is C47H60N8O7S. The van der Waals surface area contributed by atoms with Gasteiger partial charge in [0.1, 0.15) is 23.1 Å². The number of thiazole rings is 1. The Morgan fingerprint density at radius 2 is 1.97 bits per heavy atom. The van der Waals surface area contributed by atoms with E-state index < -0.39 is 47.2 Å². The Labute approximate surface area is 373 Å². The number of nitrogens with one attached hydrogen (secondary N) is 2. The zero-order chi connectivity index (χ0) is 45.2. The zero-order valence-corrected chi connectivity index (χ0v) is 38.3. The molecule has 2 saturated heterocycles. The predicted octanol–water partition coefficient (Wildman–Crippen LogP) is 5.16. The lowest BCUT2D eigenvalue weighted by atomic mass is 9.84. The number of rotatable bonds is 10. The molecule has 2 fully saturated rings. The lowest BCUT2D eigenvalue weighted by Gasteiger charge is -2.37. The first-order chi connectivity index (χ1) is 30.1. The summed E-state index contributed by atoms with van der Waals surface area (Å²) in [6.07, 6.45) is 5.15. The molecule has 4 atom stereocenters. The number of likely N-dealkylation sites (N-methyl/N-ethyl adjacent to an activating group) is 1. The van der Waals surface area contributed by atoms with Crippen molar-refractivity contribution in [3.8, 4) is 21.8 Å². The van der Waals surface area contributed by atoms with Crippen LogP contribution in [-0.2, 0) is 59.4 Å². The Morgan fingerprint density at radius 3 is 2.70 bits per heavy atom. The Balaban J connectivity index is 1.26. The highest BCUT2D eigenvalue weighted by molar-refractivity contribution is 7.13. The second-order valence-corrected chi connectivity index (χ2v) is 18.9. The number of fused-ring (bicyclic) bond motifs is 6. The normalized spacial score (nSPS) is 20.9. The molecule has 6 heterocycles. The van der Waals surface area contributed by atoms with Crippen molar-refractivity contribution in [1.29, 1.82) is 0 Å². The molecular weight excluding hydrogens is 821 g/mol. The molecule has 3 aliphatic rings. The van der Waals surface area contributed by atoms with Gasteiger partial charge in [-0.25, -0.2) is 10.4 Å². The molecule has 2 N–H and O–H groups in total. The SMILES string of the molecule is C=CC(=O)N1CC[C@H](C(=O)N(C)[C@H](C(=O)N[C@H]2Cc3csc(n3)-c3ccc4c(c3)c(c(-c3cccnc3COC)n4CC)CC(C)(C)COC(=O)[C@@H]3CCCN(N3)C2=O)C(C)C)C1. The molecule has 1 aromatic carbocycles. The summed E-state index contributed by atoms with van der Waals surface area (Å²) < 4.78 is 14.0. The number of aromatic nitrogens is 3. The fourth-order valence-electron chi connectivity index (χ4n) is 9.32.